The molecule has 7 heteroatoms. The molecule has 0 bridgehead atoms. The van der Waals surface area contributed by atoms with Gasteiger partial charge in [0.25, 0.3) is 0 Å². The predicted molar refractivity (Wildman–Crippen MR) is 117 cm³/mol. The number of benzene rings is 2. The van der Waals surface area contributed by atoms with Crippen LogP contribution in [0.25, 0.3) is 10.2 Å². The zero-order valence-corrected chi connectivity index (χ0v) is 17.7. The number of thioether (sulfide) groups is 1. The molecule has 0 radical (unpaired) electrons. The van der Waals surface area contributed by atoms with Crippen molar-refractivity contribution in [1.29, 1.82) is 0 Å². The van der Waals surface area contributed by atoms with Gasteiger partial charge < -0.3 is 4.74 Å². The highest BCUT2D eigenvalue weighted by atomic mass is 32.2. The number of fused-ring (bicyclic) bond motifs is 1. The Balaban J connectivity index is 1.43. The molecule has 152 valence electrons. The summed E-state index contributed by atoms with van der Waals surface area (Å²) in [5, 5.41) is 0.627. The van der Waals surface area contributed by atoms with Crippen LogP contribution >= 0.6 is 23.1 Å². The molecule has 1 aromatic heterocycles. The van der Waals surface area contributed by atoms with Gasteiger partial charge in [-0.15, -0.1) is 11.8 Å². The molecule has 3 aromatic rings. The third-order valence-electron chi connectivity index (χ3n) is 4.83. The Bertz CT molecular complexity index is 958. The van der Waals surface area contributed by atoms with Crippen molar-refractivity contribution in [1.82, 2.24) is 4.98 Å². The molecular formula is C22H23FN2O2S2. The second-order valence-corrected chi connectivity index (χ2v) is 9.19. The van der Waals surface area contributed by atoms with Gasteiger partial charge in [0.05, 0.1) is 22.9 Å². The Hall–Kier alpha value is -1.96. The summed E-state index contributed by atoms with van der Waals surface area (Å²) in [6.07, 6.45) is 3.26. The molecule has 0 aliphatic carbocycles. The quantitative estimate of drug-likeness (QED) is 0.349. The van der Waals surface area contributed by atoms with Gasteiger partial charge in [0, 0.05) is 17.9 Å². The van der Waals surface area contributed by atoms with E-state index in [1.807, 2.05) is 18.2 Å². The minimum absolute atomic E-state index is 0.0430. The number of anilines is 1. The third kappa shape index (κ3) is 5.35. The molecule has 2 aromatic carbocycles. The maximum atomic E-state index is 13.6. The van der Waals surface area contributed by atoms with E-state index in [4.69, 9.17) is 4.74 Å². The van der Waals surface area contributed by atoms with Crippen molar-refractivity contribution >= 4 is 44.4 Å². The Kier molecular flexibility index (Phi) is 6.79. The first-order chi connectivity index (χ1) is 14.2. The van der Waals surface area contributed by atoms with Crippen molar-refractivity contribution in [2.75, 3.05) is 23.8 Å². The number of rotatable bonds is 8. The summed E-state index contributed by atoms with van der Waals surface area (Å²) in [6, 6.07) is 14.7. The maximum Gasteiger partial charge on any atom is 0.228 e. The summed E-state index contributed by atoms with van der Waals surface area (Å²) in [5.41, 5.74) is 0.719. The molecule has 1 fully saturated rings. The van der Waals surface area contributed by atoms with Gasteiger partial charge in [0.15, 0.2) is 5.13 Å². The topological polar surface area (TPSA) is 42.4 Å². The highest BCUT2D eigenvalue weighted by Crippen LogP contribution is 2.31. The Morgan fingerprint density at radius 3 is 2.93 bits per heavy atom. The molecule has 29 heavy (non-hydrogen) atoms. The van der Waals surface area contributed by atoms with Crippen molar-refractivity contribution in [2.45, 2.75) is 36.7 Å². The van der Waals surface area contributed by atoms with Crippen LogP contribution < -0.4 is 4.90 Å². The maximum absolute atomic E-state index is 13.6. The van der Waals surface area contributed by atoms with Gasteiger partial charge in [0.2, 0.25) is 5.91 Å². The van der Waals surface area contributed by atoms with Crippen LogP contribution in [0.2, 0.25) is 0 Å². The normalized spacial score (nSPS) is 16.4. The minimum atomic E-state index is -0.289. The van der Waals surface area contributed by atoms with Crippen LogP contribution in [0, 0.1) is 5.82 Å². The first-order valence-corrected chi connectivity index (χ1v) is 11.7. The number of carbonyl (C=O) groups excluding carboxylic acids is 1. The van der Waals surface area contributed by atoms with E-state index in [9.17, 15) is 9.18 Å². The third-order valence-corrected chi connectivity index (χ3v) is 6.97. The highest BCUT2D eigenvalue weighted by molar-refractivity contribution is 7.99. The van der Waals surface area contributed by atoms with Crippen LogP contribution in [0.5, 0.6) is 0 Å². The summed E-state index contributed by atoms with van der Waals surface area (Å²) >= 11 is 3.12. The summed E-state index contributed by atoms with van der Waals surface area (Å²) in [7, 11) is 0. The Labute approximate surface area is 178 Å². The van der Waals surface area contributed by atoms with E-state index in [2.05, 4.69) is 17.1 Å². The fraction of sp³-hybridized carbons (Fsp3) is 0.364. The number of ether oxygens (including phenoxy) is 1. The average Bonchev–Trinajstić information content (AvgIpc) is 3.39. The van der Waals surface area contributed by atoms with Crippen LogP contribution in [-0.4, -0.2) is 35.9 Å². The van der Waals surface area contributed by atoms with Crippen molar-refractivity contribution < 1.29 is 13.9 Å². The number of amides is 1. The first kappa shape index (κ1) is 20.3. The van der Waals surface area contributed by atoms with Gasteiger partial charge in [-0.25, -0.2) is 9.37 Å². The van der Waals surface area contributed by atoms with Crippen LogP contribution in [0.1, 0.15) is 25.7 Å². The van der Waals surface area contributed by atoms with Crippen LogP contribution in [-0.2, 0) is 9.53 Å². The van der Waals surface area contributed by atoms with E-state index in [1.54, 1.807) is 22.7 Å². The van der Waals surface area contributed by atoms with Gasteiger partial charge in [0.1, 0.15) is 5.82 Å². The standard InChI is InChI=1S/C22H23FN2O2S2/c23-16-10-11-19-20(14-16)29-22(24-19)25(15-17-6-4-12-27-17)21(26)9-5-13-28-18-7-2-1-3-8-18/h1-3,7-8,10-11,14,17H,4-6,9,12-13,15H2. The Morgan fingerprint density at radius 1 is 1.28 bits per heavy atom. The number of nitrogens with zero attached hydrogens (tertiary/aromatic N) is 2. The number of halogens is 1. The van der Waals surface area contributed by atoms with E-state index in [-0.39, 0.29) is 17.8 Å². The smallest absolute Gasteiger partial charge is 0.228 e. The highest BCUT2D eigenvalue weighted by Gasteiger charge is 2.26. The van der Waals surface area contributed by atoms with E-state index in [0.717, 1.165) is 41.8 Å². The van der Waals surface area contributed by atoms with E-state index < -0.39 is 0 Å². The molecule has 4 nitrogen and oxygen atoms in total. The SMILES string of the molecule is O=C(CCCSc1ccccc1)N(CC1CCCO1)c1nc2ccc(F)cc2s1. The van der Waals surface area contributed by atoms with E-state index in [0.29, 0.717) is 18.1 Å². The first-order valence-electron chi connectivity index (χ1n) is 9.85. The molecule has 1 aliphatic rings. The lowest BCUT2D eigenvalue weighted by Gasteiger charge is -2.23. The molecule has 1 saturated heterocycles. The average molecular weight is 431 g/mol. The molecule has 2 heterocycles. The van der Waals surface area contributed by atoms with Crippen molar-refractivity contribution in [3.8, 4) is 0 Å². The molecule has 4 rings (SSSR count). The Morgan fingerprint density at radius 2 is 2.14 bits per heavy atom. The molecular weight excluding hydrogens is 407 g/mol. The number of aromatic nitrogens is 1. The van der Waals surface area contributed by atoms with E-state index >= 15 is 0 Å². The van der Waals surface area contributed by atoms with Gasteiger partial charge in [-0.3, -0.25) is 9.69 Å². The van der Waals surface area contributed by atoms with Crippen LogP contribution in [0.15, 0.2) is 53.4 Å². The molecule has 0 N–H and O–H groups in total. The summed E-state index contributed by atoms with van der Waals surface area (Å²) in [4.78, 5) is 20.6. The van der Waals surface area contributed by atoms with Crippen molar-refractivity contribution in [2.24, 2.45) is 0 Å². The molecule has 0 spiro atoms. The van der Waals surface area contributed by atoms with Gasteiger partial charge in [-0.2, -0.15) is 0 Å². The monoisotopic (exact) mass is 430 g/mol. The fourth-order valence-corrected chi connectivity index (χ4v) is 5.24. The van der Waals surface area contributed by atoms with Crippen LogP contribution in [0.3, 0.4) is 0 Å². The van der Waals surface area contributed by atoms with E-state index in [1.165, 1.54) is 28.4 Å². The second-order valence-electron chi connectivity index (χ2n) is 7.01. The molecule has 1 aliphatic heterocycles. The zero-order valence-electron chi connectivity index (χ0n) is 16.1. The van der Waals surface area contributed by atoms with Gasteiger partial charge in [-0.05, 0) is 55.3 Å². The van der Waals surface area contributed by atoms with Crippen molar-refractivity contribution in [3.63, 3.8) is 0 Å². The van der Waals surface area contributed by atoms with Crippen molar-refractivity contribution in [3.05, 3.63) is 54.3 Å². The lowest BCUT2D eigenvalue weighted by molar-refractivity contribution is -0.119. The molecule has 1 atom stereocenters. The molecule has 1 unspecified atom stereocenters. The minimum Gasteiger partial charge on any atom is -0.376 e. The largest absolute Gasteiger partial charge is 0.376 e. The summed E-state index contributed by atoms with van der Waals surface area (Å²) in [5.74, 6) is 0.644. The molecule has 1 amide bonds. The van der Waals surface area contributed by atoms with Crippen LogP contribution in [0.4, 0.5) is 9.52 Å². The van der Waals surface area contributed by atoms with Gasteiger partial charge >= 0.3 is 0 Å². The lowest BCUT2D eigenvalue weighted by Crippen LogP contribution is -2.37. The predicted octanol–water partition coefficient (Wildman–Crippen LogP) is 5.52. The molecule has 0 saturated carbocycles. The summed E-state index contributed by atoms with van der Waals surface area (Å²) in [6.45, 7) is 1.25. The zero-order chi connectivity index (χ0) is 20.1. The second kappa shape index (κ2) is 9.69. The fourth-order valence-electron chi connectivity index (χ4n) is 3.35. The number of hydrogen-bond acceptors (Lipinski definition) is 5. The number of thiazole rings is 1. The number of carbonyl (C=O) groups is 1. The number of hydrogen-bond donors (Lipinski definition) is 0. The van der Waals surface area contributed by atoms with Gasteiger partial charge in [-0.1, -0.05) is 29.5 Å². The lowest BCUT2D eigenvalue weighted by atomic mass is 10.2. The summed E-state index contributed by atoms with van der Waals surface area (Å²) < 4.78 is 20.1.